The summed E-state index contributed by atoms with van der Waals surface area (Å²) in [5.74, 6) is 0. The van der Waals surface area contributed by atoms with Crippen molar-refractivity contribution < 1.29 is 9.31 Å². The molecule has 3 rings (SSSR count). The Balaban J connectivity index is 2.11. The lowest BCUT2D eigenvalue weighted by molar-refractivity contribution is 0.00578. The van der Waals surface area contributed by atoms with Crippen LogP contribution in [0.3, 0.4) is 0 Å². The number of anilines is 1. The Labute approximate surface area is 119 Å². The first-order valence-corrected chi connectivity index (χ1v) is 6.80. The first kappa shape index (κ1) is 13.4. The Bertz CT molecular complexity index is 654. The zero-order valence-corrected chi connectivity index (χ0v) is 12.3. The summed E-state index contributed by atoms with van der Waals surface area (Å²) in [4.78, 5) is 4.35. The van der Waals surface area contributed by atoms with Gasteiger partial charge in [-0.05, 0) is 45.3 Å². The Morgan fingerprint density at radius 1 is 1.05 bits per heavy atom. The Morgan fingerprint density at radius 3 is 2.35 bits per heavy atom. The fraction of sp³-hybridized carbons (Fsp3) is 0.400. The van der Waals surface area contributed by atoms with Gasteiger partial charge >= 0.3 is 7.12 Å². The van der Waals surface area contributed by atoms with Crippen molar-refractivity contribution in [1.29, 1.82) is 0 Å². The molecular formula is C15H19BN2O2. The molecular weight excluding hydrogens is 251 g/mol. The number of pyridine rings is 1. The number of fused-ring (bicyclic) bond motifs is 1. The van der Waals surface area contributed by atoms with E-state index in [9.17, 15) is 0 Å². The van der Waals surface area contributed by atoms with E-state index in [1.54, 1.807) is 6.20 Å². The van der Waals surface area contributed by atoms with Gasteiger partial charge in [-0.3, -0.25) is 4.98 Å². The molecule has 0 bridgehead atoms. The number of hydrogen-bond donors (Lipinski definition) is 1. The molecule has 0 spiro atoms. The molecule has 1 aromatic carbocycles. The molecule has 2 aromatic rings. The highest BCUT2D eigenvalue weighted by molar-refractivity contribution is 6.65. The minimum Gasteiger partial charge on any atom is -0.399 e. The average Bonchev–Trinajstić information content (AvgIpc) is 2.59. The lowest BCUT2D eigenvalue weighted by atomic mass is 9.76. The molecule has 0 saturated carbocycles. The quantitative estimate of drug-likeness (QED) is 0.637. The fourth-order valence-corrected chi connectivity index (χ4v) is 2.39. The second-order valence-electron chi connectivity index (χ2n) is 6.23. The molecule has 104 valence electrons. The topological polar surface area (TPSA) is 57.4 Å². The normalized spacial score (nSPS) is 20.5. The zero-order valence-electron chi connectivity index (χ0n) is 12.3. The highest BCUT2D eigenvalue weighted by Gasteiger charge is 2.52. The third kappa shape index (κ3) is 1.89. The lowest BCUT2D eigenvalue weighted by Crippen LogP contribution is -2.41. The van der Waals surface area contributed by atoms with Crippen LogP contribution < -0.4 is 11.2 Å². The minimum absolute atomic E-state index is 0.354. The van der Waals surface area contributed by atoms with Crippen LogP contribution in [-0.2, 0) is 9.31 Å². The molecule has 4 nitrogen and oxygen atoms in total. The van der Waals surface area contributed by atoms with Crippen molar-refractivity contribution in [3.63, 3.8) is 0 Å². The van der Waals surface area contributed by atoms with E-state index in [0.29, 0.717) is 5.69 Å². The van der Waals surface area contributed by atoms with Gasteiger partial charge in [0.05, 0.1) is 22.4 Å². The fourth-order valence-electron chi connectivity index (χ4n) is 2.39. The van der Waals surface area contributed by atoms with Crippen molar-refractivity contribution in [2.45, 2.75) is 38.9 Å². The van der Waals surface area contributed by atoms with Gasteiger partial charge in [-0.1, -0.05) is 12.1 Å². The average molecular weight is 270 g/mol. The molecule has 0 unspecified atom stereocenters. The summed E-state index contributed by atoms with van der Waals surface area (Å²) >= 11 is 0. The zero-order chi connectivity index (χ0) is 14.5. The van der Waals surface area contributed by atoms with E-state index in [-0.39, 0.29) is 11.2 Å². The van der Waals surface area contributed by atoms with E-state index in [2.05, 4.69) is 4.98 Å². The van der Waals surface area contributed by atoms with Crippen molar-refractivity contribution in [2.24, 2.45) is 0 Å². The van der Waals surface area contributed by atoms with Gasteiger partial charge in [-0.15, -0.1) is 0 Å². The molecule has 1 saturated heterocycles. The predicted molar refractivity (Wildman–Crippen MR) is 81.9 cm³/mol. The maximum atomic E-state index is 6.11. The van der Waals surface area contributed by atoms with Crippen LogP contribution in [0.2, 0.25) is 0 Å². The van der Waals surface area contributed by atoms with Gasteiger partial charge in [0, 0.05) is 11.6 Å². The number of nitrogens with two attached hydrogens (primary N) is 1. The van der Waals surface area contributed by atoms with Crippen LogP contribution in [-0.4, -0.2) is 23.3 Å². The summed E-state index contributed by atoms with van der Waals surface area (Å²) in [5, 5.41) is 0.978. The van der Waals surface area contributed by atoms with E-state index in [1.165, 1.54) is 0 Å². The highest BCUT2D eigenvalue weighted by atomic mass is 16.7. The van der Waals surface area contributed by atoms with Gasteiger partial charge in [0.15, 0.2) is 0 Å². The van der Waals surface area contributed by atoms with Crippen molar-refractivity contribution in [3.8, 4) is 0 Å². The van der Waals surface area contributed by atoms with Crippen LogP contribution in [0.25, 0.3) is 10.9 Å². The van der Waals surface area contributed by atoms with Crippen LogP contribution in [0, 0.1) is 0 Å². The summed E-state index contributed by atoms with van der Waals surface area (Å²) in [6, 6.07) is 7.72. The highest BCUT2D eigenvalue weighted by Crippen LogP contribution is 2.37. The minimum atomic E-state index is -0.396. The van der Waals surface area contributed by atoms with E-state index in [1.807, 2.05) is 52.0 Å². The third-order valence-electron chi connectivity index (χ3n) is 4.34. The molecule has 5 heteroatoms. The Morgan fingerprint density at radius 2 is 1.70 bits per heavy atom. The number of nitrogen functional groups attached to an aromatic ring is 1. The molecule has 0 atom stereocenters. The van der Waals surface area contributed by atoms with Gasteiger partial charge in [0.25, 0.3) is 0 Å². The van der Waals surface area contributed by atoms with Crippen LogP contribution in [0.4, 0.5) is 5.69 Å². The molecule has 0 radical (unpaired) electrons. The van der Waals surface area contributed by atoms with E-state index in [0.717, 1.165) is 16.4 Å². The second kappa shape index (κ2) is 4.20. The van der Waals surface area contributed by atoms with Crippen LogP contribution >= 0.6 is 0 Å². The van der Waals surface area contributed by atoms with Gasteiger partial charge < -0.3 is 15.0 Å². The van der Waals surface area contributed by atoms with Crippen molar-refractivity contribution in [3.05, 3.63) is 30.5 Å². The first-order chi connectivity index (χ1) is 9.32. The van der Waals surface area contributed by atoms with Gasteiger partial charge in [0.2, 0.25) is 0 Å². The maximum absolute atomic E-state index is 6.11. The molecule has 20 heavy (non-hydrogen) atoms. The molecule has 0 aliphatic carbocycles. The van der Waals surface area contributed by atoms with Gasteiger partial charge in [0.1, 0.15) is 0 Å². The van der Waals surface area contributed by atoms with Crippen molar-refractivity contribution >= 4 is 29.2 Å². The summed E-state index contributed by atoms with van der Waals surface area (Å²) in [6.45, 7) is 8.19. The maximum Gasteiger partial charge on any atom is 0.495 e. The molecule has 1 fully saturated rings. The van der Waals surface area contributed by atoms with E-state index >= 15 is 0 Å². The molecule has 1 aliphatic heterocycles. The third-order valence-corrected chi connectivity index (χ3v) is 4.34. The largest absolute Gasteiger partial charge is 0.495 e. The number of aromatic nitrogens is 1. The van der Waals surface area contributed by atoms with Crippen LogP contribution in [0.15, 0.2) is 30.5 Å². The Kier molecular flexibility index (Phi) is 2.82. The number of benzene rings is 1. The SMILES string of the molecule is CC1(C)OB(c2ccc(N)c3ncccc23)OC1(C)C. The number of nitrogens with zero attached hydrogens (tertiary/aromatic N) is 1. The van der Waals surface area contributed by atoms with Crippen LogP contribution in [0.5, 0.6) is 0 Å². The van der Waals surface area contributed by atoms with Crippen molar-refractivity contribution in [2.75, 3.05) is 5.73 Å². The molecule has 2 N–H and O–H groups in total. The molecule has 1 aliphatic rings. The molecule has 2 heterocycles. The first-order valence-electron chi connectivity index (χ1n) is 6.80. The standard InChI is InChI=1S/C15H19BN2O2/c1-14(2)15(3,4)20-16(19-14)11-7-8-12(17)13-10(11)6-5-9-18-13/h5-9H,17H2,1-4H3. The lowest BCUT2D eigenvalue weighted by Gasteiger charge is -2.32. The summed E-state index contributed by atoms with van der Waals surface area (Å²) < 4.78 is 12.2. The number of rotatable bonds is 1. The smallest absolute Gasteiger partial charge is 0.399 e. The molecule has 0 amide bonds. The van der Waals surface area contributed by atoms with E-state index in [4.69, 9.17) is 15.0 Å². The monoisotopic (exact) mass is 270 g/mol. The van der Waals surface area contributed by atoms with Crippen LogP contribution in [0.1, 0.15) is 27.7 Å². The number of hydrogen-bond acceptors (Lipinski definition) is 4. The summed E-state index contributed by atoms with van der Waals surface area (Å²) in [6.07, 6.45) is 1.74. The Hall–Kier alpha value is -1.59. The summed E-state index contributed by atoms with van der Waals surface area (Å²) in [7, 11) is -0.396. The van der Waals surface area contributed by atoms with E-state index < -0.39 is 7.12 Å². The predicted octanol–water partition coefficient (Wildman–Crippen LogP) is 2.12. The second-order valence-corrected chi connectivity index (χ2v) is 6.23. The van der Waals surface area contributed by atoms with Gasteiger partial charge in [-0.2, -0.15) is 0 Å². The summed E-state index contributed by atoms with van der Waals surface area (Å²) in [5.41, 5.74) is 7.71. The molecule has 1 aromatic heterocycles. The van der Waals surface area contributed by atoms with Gasteiger partial charge in [-0.25, -0.2) is 0 Å². The van der Waals surface area contributed by atoms with Crippen molar-refractivity contribution in [1.82, 2.24) is 4.98 Å².